The molecule has 19 heavy (non-hydrogen) atoms. The molecule has 0 saturated carbocycles. The van der Waals surface area contributed by atoms with Gasteiger partial charge in [0.15, 0.2) is 0 Å². The van der Waals surface area contributed by atoms with Crippen molar-refractivity contribution in [1.82, 2.24) is 9.55 Å². The molecule has 1 N–H and O–H groups in total. The lowest BCUT2D eigenvalue weighted by molar-refractivity contribution is 0.190. The van der Waals surface area contributed by atoms with E-state index in [1.165, 1.54) is 11.1 Å². The summed E-state index contributed by atoms with van der Waals surface area (Å²) < 4.78 is 7.19. The monoisotopic (exact) mass is 259 g/mol. The van der Waals surface area contributed by atoms with Crippen molar-refractivity contribution >= 4 is 11.6 Å². The van der Waals surface area contributed by atoms with Gasteiger partial charge in [0.25, 0.3) is 0 Å². The quantitative estimate of drug-likeness (QED) is 0.809. The molecule has 0 saturated heterocycles. The second kappa shape index (κ2) is 6.38. The molecule has 0 aliphatic carbocycles. The van der Waals surface area contributed by atoms with Crippen LogP contribution in [0.5, 0.6) is 0 Å². The lowest BCUT2D eigenvalue weighted by atomic mass is 10.1. The van der Waals surface area contributed by atoms with Crippen molar-refractivity contribution in [2.75, 3.05) is 19.0 Å². The van der Waals surface area contributed by atoms with Gasteiger partial charge >= 0.3 is 0 Å². The molecular weight excluding hydrogens is 238 g/mol. The molecular formula is C15H21N3O. The highest BCUT2D eigenvalue weighted by atomic mass is 16.5. The zero-order chi connectivity index (χ0) is 13.7. The van der Waals surface area contributed by atoms with Crippen LogP contribution in [-0.2, 0) is 11.3 Å². The Labute approximate surface area is 114 Å². The van der Waals surface area contributed by atoms with Gasteiger partial charge in [0.05, 0.1) is 0 Å². The molecule has 2 aromatic rings. The molecule has 2 rings (SSSR count). The summed E-state index contributed by atoms with van der Waals surface area (Å²) in [5.74, 6) is 0.879. The number of aryl methyl sites for hydroxylation is 2. The van der Waals surface area contributed by atoms with E-state index in [0.29, 0.717) is 0 Å². The smallest absolute Gasteiger partial charge is 0.207 e. The average Bonchev–Trinajstić information content (AvgIpc) is 2.83. The summed E-state index contributed by atoms with van der Waals surface area (Å²) in [6.07, 6.45) is 4.79. The van der Waals surface area contributed by atoms with Crippen LogP contribution in [0.1, 0.15) is 17.5 Å². The van der Waals surface area contributed by atoms with Crippen molar-refractivity contribution in [3.63, 3.8) is 0 Å². The molecule has 0 aliphatic heterocycles. The number of hydrogen-bond donors (Lipinski definition) is 1. The van der Waals surface area contributed by atoms with Gasteiger partial charge in [-0.2, -0.15) is 0 Å². The van der Waals surface area contributed by atoms with Crippen molar-refractivity contribution in [1.29, 1.82) is 0 Å². The van der Waals surface area contributed by atoms with Crippen LogP contribution < -0.4 is 5.32 Å². The lowest BCUT2D eigenvalue weighted by Crippen LogP contribution is -2.06. The van der Waals surface area contributed by atoms with Crippen molar-refractivity contribution in [2.24, 2.45) is 0 Å². The Morgan fingerprint density at radius 1 is 1.32 bits per heavy atom. The molecule has 0 unspecified atom stereocenters. The SMILES string of the molecule is COCCCn1ccnc1Nc1cccc(C)c1C. The predicted octanol–water partition coefficient (Wildman–Crippen LogP) is 3.28. The predicted molar refractivity (Wildman–Crippen MR) is 77.9 cm³/mol. The van der Waals surface area contributed by atoms with E-state index in [1.807, 2.05) is 12.4 Å². The third-order valence-electron chi connectivity index (χ3n) is 3.31. The Hall–Kier alpha value is -1.81. The van der Waals surface area contributed by atoms with Crippen molar-refractivity contribution in [3.05, 3.63) is 41.7 Å². The second-order valence-electron chi connectivity index (χ2n) is 4.66. The van der Waals surface area contributed by atoms with Crippen LogP contribution in [0.15, 0.2) is 30.6 Å². The zero-order valence-electron chi connectivity index (χ0n) is 11.8. The minimum atomic E-state index is 0.765. The third kappa shape index (κ3) is 3.35. The largest absolute Gasteiger partial charge is 0.385 e. The number of hydrogen-bond acceptors (Lipinski definition) is 3. The van der Waals surface area contributed by atoms with Crippen LogP contribution in [0.2, 0.25) is 0 Å². The zero-order valence-corrected chi connectivity index (χ0v) is 11.8. The van der Waals surface area contributed by atoms with Crippen LogP contribution in [-0.4, -0.2) is 23.3 Å². The standard InChI is InChI=1S/C15H21N3O/c1-12-6-4-7-14(13(12)2)17-15-16-8-10-18(15)9-5-11-19-3/h4,6-8,10H,5,9,11H2,1-3H3,(H,16,17). The van der Waals surface area contributed by atoms with E-state index < -0.39 is 0 Å². The van der Waals surface area contributed by atoms with Gasteiger partial charge in [-0.15, -0.1) is 0 Å². The average molecular weight is 259 g/mol. The first-order valence-electron chi connectivity index (χ1n) is 6.55. The first-order valence-corrected chi connectivity index (χ1v) is 6.55. The first-order chi connectivity index (χ1) is 9.22. The molecule has 0 fully saturated rings. The molecule has 4 nitrogen and oxygen atoms in total. The van der Waals surface area contributed by atoms with Gasteiger partial charge in [0.1, 0.15) is 0 Å². The second-order valence-corrected chi connectivity index (χ2v) is 4.66. The van der Waals surface area contributed by atoms with Crippen molar-refractivity contribution < 1.29 is 4.74 Å². The molecule has 0 spiro atoms. The van der Waals surface area contributed by atoms with Crippen LogP contribution in [0.4, 0.5) is 11.6 Å². The maximum Gasteiger partial charge on any atom is 0.207 e. The number of aromatic nitrogens is 2. The van der Waals surface area contributed by atoms with Crippen LogP contribution in [0.25, 0.3) is 0 Å². The molecule has 0 bridgehead atoms. The molecule has 102 valence electrons. The number of imidazole rings is 1. The van der Waals surface area contributed by atoms with Gasteiger partial charge in [0, 0.05) is 38.3 Å². The summed E-state index contributed by atoms with van der Waals surface area (Å²) in [4.78, 5) is 4.37. The third-order valence-corrected chi connectivity index (χ3v) is 3.31. The van der Waals surface area contributed by atoms with Crippen LogP contribution in [0.3, 0.4) is 0 Å². The summed E-state index contributed by atoms with van der Waals surface area (Å²) in [7, 11) is 1.73. The Kier molecular flexibility index (Phi) is 4.58. The number of ether oxygens (including phenoxy) is 1. The van der Waals surface area contributed by atoms with E-state index in [1.54, 1.807) is 7.11 Å². The molecule has 0 radical (unpaired) electrons. The van der Waals surface area contributed by atoms with Gasteiger partial charge in [-0.3, -0.25) is 0 Å². The fraction of sp³-hybridized carbons (Fsp3) is 0.400. The Bertz CT molecular complexity index is 534. The Morgan fingerprint density at radius 2 is 2.16 bits per heavy atom. The maximum atomic E-state index is 5.08. The van der Waals surface area contributed by atoms with Crippen LogP contribution >= 0.6 is 0 Å². The van der Waals surface area contributed by atoms with E-state index in [9.17, 15) is 0 Å². The molecule has 1 aromatic heterocycles. The number of methoxy groups -OCH3 is 1. The number of benzene rings is 1. The number of rotatable bonds is 6. The number of anilines is 2. The van der Waals surface area contributed by atoms with Gasteiger partial charge in [0.2, 0.25) is 5.95 Å². The van der Waals surface area contributed by atoms with Gasteiger partial charge in [-0.1, -0.05) is 12.1 Å². The molecule has 1 aromatic carbocycles. The van der Waals surface area contributed by atoms with E-state index in [4.69, 9.17) is 4.74 Å². The van der Waals surface area contributed by atoms with Gasteiger partial charge in [-0.25, -0.2) is 4.98 Å². The van der Waals surface area contributed by atoms with Crippen molar-refractivity contribution in [2.45, 2.75) is 26.8 Å². The highest BCUT2D eigenvalue weighted by Crippen LogP contribution is 2.21. The molecule has 4 heteroatoms. The summed E-state index contributed by atoms with van der Waals surface area (Å²) >= 11 is 0. The molecule has 1 heterocycles. The Morgan fingerprint density at radius 3 is 2.95 bits per heavy atom. The van der Waals surface area contributed by atoms with E-state index in [2.05, 4.69) is 46.9 Å². The summed E-state index contributed by atoms with van der Waals surface area (Å²) in [6.45, 7) is 5.91. The minimum absolute atomic E-state index is 0.765. The van der Waals surface area contributed by atoms with E-state index in [0.717, 1.165) is 31.2 Å². The highest BCUT2D eigenvalue weighted by molar-refractivity contribution is 5.60. The van der Waals surface area contributed by atoms with E-state index >= 15 is 0 Å². The summed E-state index contributed by atoms with van der Waals surface area (Å²) in [6, 6.07) is 6.25. The summed E-state index contributed by atoms with van der Waals surface area (Å²) in [5.41, 5.74) is 3.65. The highest BCUT2D eigenvalue weighted by Gasteiger charge is 2.05. The van der Waals surface area contributed by atoms with E-state index in [-0.39, 0.29) is 0 Å². The van der Waals surface area contributed by atoms with Gasteiger partial charge < -0.3 is 14.6 Å². The minimum Gasteiger partial charge on any atom is -0.385 e. The normalized spacial score (nSPS) is 10.7. The maximum absolute atomic E-state index is 5.08. The fourth-order valence-electron chi connectivity index (χ4n) is 2.00. The summed E-state index contributed by atoms with van der Waals surface area (Å²) in [5, 5.41) is 3.40. The molecule has 0 atom stereocenters. The first kappa shape index (κ1) is 13.6. The molecule has 0 amide bonds. The fourth-order valence-corrected chi connectivity index (χ4v) is 2.00. The van der Waals surface area contributed by atoms with Crippen LogP contribution in [0, 0.1) is 13.8 Å². The van der Waals surface area contributed by atoms with Crippen molar-refractivity contribution in [3.8, 4) is 0 Å². The number of nitrogens with zero attached hydrogens (tertiary/aromatic N) is 2. The van der Waals surface area contributed by atoms with Gasteiger partial charge in [-0.05, 0) is 37.5 Å². The number of nitrogens with one attached hydrogen (secondary N) is 1. The molecule has 0 aliphatic rings. The lowest BCUT2D eigenvalue weighted by Gasteiger charge is -2.12. The topological polar surface area (TPSA) is 39.1 Å². The Balaban J connectivity index is 2.11.